The van der Waals surface area contributed by atoms with Crippen LogP contribution < -0.4 is 4.74 Å². The lowest BCUT2D eigenvalue weighted by Crippen LogP contribution is -2.05. The molecule has 1 aromatic rings. The van der Waals surface area contributed by atoms with E-state index in [1.165, 1.54) is 6.92 Å². The summed E-state index contributed by atoms with van der Waals surface area (Å²) >= 11 is 3.29. The Bertz CT molecular complexity index is 399. The van der Waals surface area contributed by atoms with E-state index in [0.29, 0.717) is 34.2 Å². The third-order valence-corrected chi connectivity index (χ3v) is 2.53. The fourth-order valence-electron chi connectivity index (χ4n) is 1.32. The molecule has 0 aromatic heterocycles. The first-order valence-corrected chi connectivity index (χ1v) is 5.32. The third-order valence-electron chi connectivity index (χ3n) is 1.91. The van der Waals surface area contributed by atoms with Crippen molar-refractivity contribution in [3.8, 4) is 5.75 Å². The van der Waals surface area contributed by atoms with Gasteiger partial charge in [-0.1, -0.05) is 0 Å². The molecular weight excluding hydrogens is 260 g/mol. The van der Waals surface area contributed by atoms with Crippen LogP contribution in [0.2, 0.25) is 0 Å². The average molecular weight is 271 g/mol. The smallest absolute Gasteiger partial charge is 0.164 e. The number of carbonyl (C=O) groups is 2. The maximum Gasteiger partial charge on any atom is 0.164 e. The van der Waals surface area contributed by atoms with Crippen molar-refractivity contribution in [2.75, 3.05) is 6.61 Å². The molecule has 1 rings (SSSR count). The molecule has 1 aromatic carbocycles. The van der Waals surface area contributed by atoms with Crippen molar-refractivity contribution < 1.29 is 14.3 Å². The van der Waals surface area contributed by atoms with Crippen LogP contribution >= 0.6 is 15.9 Å². The largest absolute Gasteiger partial charge is 0.492 e. The van der Waals surface area contributed by atoms with Crippen LogP contribution in [0.3, 0.4) is 0 Å². The van der Waals surface area contributed by atoms with Crippen LogP contribution in [0.15, 0.2) is 16.6 Å². The Morgan fingerprint density at radius 1 is 1.53 bits per heavy atom. The second-order valence-electron chi connectivity index (χ2n) is 2.95. The summed E-state index contributed by atoms with van der Waals surface area (Å²) in [7, 11) is 0. The number of ketones is 1. The average Bonchev–Trinajstić information content (AvgIpc) is 2.20. The van der Waals surface area contributed by atoms with Gasteiger partial charge in [0, 0.05) is 5.56 Å². The normalized spacial score (nSPS) is 9.80. The number of ether oxygens (including phenoxy) is 1. The SMILES string of the molecule is CCOc1c(Br)ccc(C=O)c1C(C)=O. The van der Waals surface area contributed by atoms with Crippen LogP contribution in [0.1, 0.15) is 34.6 Å². The van der Waals surface area contributed by atoms with E-state index in [0.717, 1.165) is 0 Å². The molecular formula is C11H11BrO3. The van der Waals surface area contributed by atoms with E-state index in [4.69, 9.17) is 4.74 Å². The van der Waals surface area contributed by atoms with E-state index in [9.17, 15) is 9.59 Å². The highest BCUT2D eigenvalue weighted by Gasteiger charge is 2.16. The Kier molecular flexibility index (Phi) is 4.03. The van der Waals surface area contributed by atoms with Gasteiger partial charge in [-0.25, -0.2) is 0 Å². The lowest BCUT2D eigenvalue weighted by Gasteiger charge is -2.11. The monoisotopic (exact) mass is 270 g/mol. The number of rotatable bonds is 4. The first kappa shape index (κ1) is 11.9. The molecule has 0 radical (unpaired) electrons. The summed E-state index contributed by atoms with van der Waals surface area (Å²) in [4.78, 5) is 22.2. The third kappa shape index (κ3) is 2.45. The van der Waals surface area contributed by atoms with Crippen LogP contribution in [0.4, 0.5) is 0 Å². The van der Waals surface area contributed by atoms with Crippen LogP contribution in [-0.2, 0) is 0 Å². The highest BCUT2D eigenvalue weighted by Crippen LogP contribution is 2.31. The topological polar surface area (TPSA) is 43.4 Å². The molecule has 0 atom stereocenters. The minimum Gasteiger partial charge on any atom is -0.492 e. The molecule has 0 aliphatic rings. The number of aldehydes is 1. The molecule has 3 nitrogen and oxygen atoms in total. The van der Waals surface area contributed by atoms with E-state index in [-0.39, 0.29) is 5.78 Å². The fraction of sp³-hybridized carbons (Fsp3) is 0.273. The van der Waals surface area contributed by atoms with E-state index < -0.39 is 0 Å². The van der Waals surface area contributed by atoms with E-state index in [1.54, 1.807) is 12.1 Å². The molecule has 15 heavy (non-hydrogen) atoms. The summed E-state index contributed by atoms with van der Waals surface area (Å²) in [6, 6.07) is 3.29. The number of carbonyl (C=O) groups excluding carboxylic acids is 2. The molecule has 0 N–H and O–H groups in total. The molecule has 0 saturated carbocycles. The Morgan fingerprint density at radius 3 is 2.67 bits per heavy atom. The lowest BCUT2D eigenvalue weighted by atomic mass is 10.0. The fourth-order valence-corrected chi connectivity index (χ4v) is 1.76. The molecule has 0 unspecified atom stereocenters. The number of hydrogen-bond acceptors (Lipinski definition) is 3. The molecule has 0 amide bonds. The van der Waals surface area contributed by atoms with Crippen molar-refractivity contribution in [1.82, 2.24) is 0 Å². The predicted octanol–water partition coefficient (Wildman–Crippen LogP) is 2.86. The predicted molar refractivity (Wildman–Crippen MR) is 60.7 cm³/mol. The first-order chi connectivity index (χ1) is 7.11. The molecule has 0 saturated heterocycles. The Morgan fingerprint density at radius 2 is 2.20 bits per heavy atom. The van der Waals surface area contributed by atoms with Crippen molar-refractivity contribution in [1.29, 1.82) is 0 Å². The van der Waals surface area contributed by atoms with Gasteiger partial charge < -0.3 is 4.74 Å². The van der Waals surface area contributed by atoms with Crippen molar-refractivity contribution in [2.24, 2.45) is 0 Å². The Balaban J connectivity index is 3.43. The summed E-state index contributed by atoms with van der Waals surface area (Å²) in [5.41, 5.74) is 0.690. The highest BCUT2D eigenvalue weighted by molar-refractivity contribution is 9.10. The van der Waals surface area contributed by atoms with Gasteiger partial charge in [-0.2, -0.15) is 0 Å². The maximum absolute atomic E-state index is 11.4. The molecule has 0 aliphatic heterocycles. The summed E-state index contributed by atoms with van der Waals surface area (Å²) in [6.45, 7) is 3.68. The number of benzene rings is 1. The van der Waals surface area contributed by atoms with E-state index >= 15 is 0 Å². The molecule has 0 spiro atoms. The van der Waals surface area contributed by atoms with Crippen LogP contribution in [-0.4, -0.2) is 18.7 Å². The summed E-state index contributed by atoms with van der Waals surface area (Å²) in [5.74, 6) is 0.261. The van der Waals surface area contributed by atoms with E-state index in [1.807, 2.05) is 6.92 Å². The second-order valence-corrected chi connectivity index (χ2v) is 3.80. The van der Waals surface area contributed by atoms with Crippen molar-refractivity contribution in [3.05, 3.63) is 27.7 Å². The van der Waals surface area contributed by atoms with Gasteiger partial charge in [-0.3, -0.25) is 9.59 Å². The van der Waals surface area contributed by atoms with Gasteiger partial charge in [0.05, 0.1) is 16.6 Å². The van der Waals surface area contributed by atoms with Crippen LogP contribution in [0, 0.1) is 0 Å². The molecule has 0 heterocycles. The van der Waals surface area contributed by atoms with E-state index in [2.05, 4.69) is 15.9 Å². The van der Waals surface area contributed by atoms with Gasteiger partial charge in [0.2, 0.25) is 0 Å². The van der Waals surface area contributed by atoms with Gasteiger partial charge in [-0.05, 0) is 41.9 Å². The Hall–Kier alpha value is -1.16. The molecule has 4 heteroatoms. The quantitative estimate of drug-likeness (QED) is 0.624. The Labute approximate surface area is 96.6 Å². The van der Waals surface area contributed by atoms with Gasteiger partial charge in [-0.15, -0.1) is 0 Å². The second kappa shape index (κ2) is 5.07. The molecule has 0 aliphatic carbocycles. The van der Waals surface area contributed by atoms with Crippen LogP contribution in [0.25, 0.3) is 0 Å². The summed E-state index contributed by atoms with van der Waals surface area (Å²) < 4.78 is 6.03. The number of hydrogen-bond donors (Lipinski definition) is 0. The summed E-state index contributed by atoms with van der Waals surface area (Å²) in [6.07, 6.45) is 0.658. The number of halogens is 1. The maximum atomic E-state index is 11.4. The molecule has 0 fully saturated rings. The molecule has 80 valence electrons. The minimum atomic E-state index is -0.179. The number of Topliss-reactive ketones (excluding diaryl/α,β-unsaturated/α-hetero) is 1. The van der Waals surface area contributed by atoms with Gasteiger partial charge in [0.25, 0.3) is 0 Å². The zero-order chi connectivity index (χ0) is 11.4. The standard InChI is InChI=1S/C11H11BrO3/c1-3-15-11-9(12)5-4-8(6-13)10(11)7(2)14/h4-6H,3H2,1-2H3. The van der Waals surface area contributed by atoms with Gasteiger partial charge in [0.1, 0.15) is 5.75 Å². The lowest BCUT2D eigenvalue weighted by molar-refractivity contribution is 0.100. The minimum absolute atomic E-state index is 0.179. The van der Waals surface area contributed by atoms with Crippen molar-refractivity contribution in [2.45, 2.75) is 13.8 Å². The zero-order valence-electron chi connectivity index (χ0n) is 8.54. The summed E-state index contributed by atoms with van der Waals surface area (Å²) in [5, 5.41) is 0. The van der Waals surface area contributed by atoms with Crippen LogP contribution in [0.5, 0.6) is 5.75 Å². The van der Waals surface area contributed by atoms with Gasteiger partial charge in [0.15, 0.2) is 12.1 Å². The van der Waals surface area contributed by atoms with Crippen molar-refractivity contribution in [3.63, 3.8) is 0 Å². The van der Waals surface area contributed by atoms with Crippen molar-refractivity contribution >= 4 is 28.0 Å². The highest BCUT2D eigenvalue weighted by atomic mass is 79.9. The zero-order valence-corrected chi connectivity index (χ0v) is 10.1. The van der Waals surface area contributed by atoms with Gasteiger partial charge >= 0.3 is 0 Å². The molecule has 0 bridgehead atoms. The first-order valence-electron chi connectivity index (χ1n) is 4.53.